The van der Waals surface area contributed by atoms with Crippen LogP contribution in [0.15, 0.2) is 40.1 Å². The molecule has 7 nitrogen and oxygen atoms in total. The van der Waals surface area contributed by atoms with Crippen molar-refractivity contribution < 1.29 is 17.9 Å². The molecule has 3 heterocycles. The maximum Gasteiger partial charge on any atom is 0.416 e. The summed E-state index contributed by atoms with van der Waals surface area (Å²) in [5.41, 5.74) is -0.815. The van der Waals surface area contributed by atoms with Gasteiger partial charge in [-0.25, -0.2) is 4.68 Å². The number of ether oxygens (including phenoxy) is 1. The molecule has 176 valence electrons. The lowest BCUT2D eigenvalue weighted by Gasteiger charge is -2.25. The van der Waals surface area contributed by atoms with Crippen LogP contribution in [0.5, 0.6) is 0 Å². The van der Waals surface area contributed by atoms with Crippen LogP contribution in [-0.2, 0) is 18.0 Å². The Morgan fingerprint density at radius 1 is 1.18 bits per heavy atom. The molecular weight excluding hydrogens is 437 g/mol. The Labute approximate surface area is 187 Å². The molecule has 1 saturated heterocycles. The molecule has 2 aromatic heterocycles. The van der Waals surface area contributed by atoms with Gasteiger partial charge in [-0.15, -0.1) is 0 Å². The average Bonchev–Trinajstić information content (AvgIpc) is 2.77. The number of nitrogens with zero attached hydrogens (tertiary/aromatic N) is 3. The minimum absolute atomic E-state index is 0.0595. The van der Waals surface area contributed by atoms with Crippen LogP contribution in [0.3, 0.4) is 0 Å². The van der Waals surface area contributed by atoms with Crippen LogP contribution >= 0.6 is 0 Å². The SMILES string of the molecule is Cc1c([C@@H](C)Nc2nn(C)c(=O)c3cc(=O)n(C4CCOCC4)cc23)cccc1C(F)(F)F. The van der Waals surface area contributed by atoms with Crippen molar-refractivity contribution in [2.75, 3.05) is 18.5 Å². The van der Waals surface area contributed by atoms with Crippen molar-refractivity contribution in [3.63, 3.8) is 0 Å². The summed E-state index contributed by atoms with van der Waals surface area (Å²) in [7, 11) is 1.47. The van der Waals surface area contributed by atoms with Gasteiger partial charge in [-0.3, -0.25) is 9.59 Å². The fraction of sp³-hybridized carbons (Fsp3) is 0.435. The van der Waals surface area contributed by atoms with E-state index < -0.39 is 23.3 Å². The summed E-state index contributed by atoms with van der Waals surface area (Å²) in [4.78, 5) is 25.4. The second kappa shape index (κ2) is 8.66. The van der Waals surface area contributed by atoms with Crippen LogP contribution in [0, 0.1) is 6.92 Å². The number of anilines is 1. The summed E-state index contributed by atoms with van der Waals surface area (Å²) in [6.07, 6.45) is -1.49. The maximum atomic E-state index is 13.4. The quantitative estimate of drug-likeness (QED) is 0.635. The molecule has 1 aromatic carbocycles. The van der Waals surface area contributed by atoms with E-state index in [1.54, 1.807) is 23.8 Å². The number of aromatic nitrogens is 3. The lowest BCUT2D eigenvalue weighted by Crippen LogP contribution is -2.30. The molecule has 0 bridgehead atoms. The Balaban J connectivity index is 1.80. The second-order valence-electron chi connectivity index (χ2n) is 8.35. The third-order valence-corrected chi connectivity index (χ3v) is 6.20. The van der Waals surface area contributed by atoms with Crippen molar-refractivity contribution in [1.82, 2.24) is 14.3 Å². The minimum Gasteiger partial charge on any atom is -0.381 e. The molecule has 1 fully saturated rings. The first kappa shape index (κ1) is 23.0. The van der Waals surface area contributed by atoms with Gasteiger partial charge in [-0.2, -0.15) is 18.3 Å². The lowest BCUT2D eigenvalue weighted by atomic mass is 9.97. The molecular formula is C23H25F3N4O3. The van der Waals surface area contributed by atoms with Crippen LogP contribution in [0.25, 0.3) is 10.8 Å². The maximum absolute atomic E-state index is 13.4. The molecule has 0 amide bonds. The van der Waals surface area contributed by atoms with Gasteiger partial charge in [0.05, 0.1) is 17.0 Å². The normalized spacial score (nSPS) is 16.2. The summed E-state index contributed by atoms with van der Waals surface area (Å²) in [6.45, 7) is 4.25. The second-order valence-corrected chi connectivity index (χ2v) is 8.35. The number of fused-ring (bicyclic) bond motifs is 1. The molecule has 1 aliphatic heterocycles. The van der Waals surface area contributed by atoms with Crippen molar-refractivity contribution in [1.29, 1.82) is 0 Å². The Morgan fingerprint density at radius 3 is 2.55 bits per heavy atom. The van der Waals surface area contributed by atoms with Gasteiger partial charge >= 0.3 is 6.18 Å². The third kappa shape index (κ3) is 4.39. The highest BCUT2D eigenvalue weighted by Gasteiger charge is 2.33. The first-order valence-electron chi connectivity index (χ1n) is 10.7. The molecule has 1 aliphatic rings. The van der Waals surface area contributed by atoms with Gasteiger partial charge in [0.15, 0.2) is 5.82 Å². The number of alkyl halides is 3. The molecule has 4 rings (SSSR count). The lowest BCUT2D eigenvalue weighted by molar-refractivity contribution is -0.138. The van der Waals surface area contributed by atoms with E-state index in [1.165, 1.54) is 26.1 Å². The summed E-state index contributed by atoms with van der Waals surface area (Å²) >= 11 is 0. The zero-order valence-electron chi connectivity index (χ0n) is 18.6. The number of hydrogen-bond acceptors (Lipinski definition) is 5. The van der Waals surface area contributed by atoms with E-state index in [2.05, 4.69) is 10.4 Å². The van der Waals surface area contributed by atoms with Crippen LogP contribution in [0.4, 0.5) is 19.0 Å². The van der Waals surface area contributed by atoms with E-state index in [-0.39, 0.29) is 22.6 Å². The van der Waals surface area contributed by atoms with E-state index in [1.807, 2.05) is 0 Å². The predicted octanol–water partition coefficient (Wildman–Crippen LogP) is 3.95. The fourth-order valence-corrected chi connectivity index (χ4v) is 4.41. The van der Waals surface area contributed by atoms with Crippen LogP contribution in [-0.4, -0.2) is 27.6 Å². The van der Waals surface area contributed by atoms with Gasteiger partial charge in [-0.05, 0) is 43.9 Å². The molecule has 1 N–H and O–H groups in total. The molecule has 1 atom stereocenters. The van der Waals surface area contributed by atoms with Crippen molar-refractivity contribution in [3.05, 3.63) is 67.9 Å². The molecule has 3 aromatic rings. The van der Waals surface area contributed by atoms with Crippen LogP contribution in [0.1, 0.15) is 48.5 Å². The highest BCUT2D eigenvalue weighted by Crippen LogP contribution is 2.35. The number of hydrogen-bond donors (Lipinski definition) is 1. The minimum atomic E-state index is -4.46. The predicted molar refractivity (Wildman–Crippen MR) is 119 cm³/mol. The first-order chi connectivity index (χ1) is 15.6. The van der Waals surface area contributed by atoms with E-state index in [0.29, 0.717) is 42.8 Å². The Bertz CT molecular complexity index is 1310. The Kier molecular flexibility index (Phi) is 6.04. The summed E-state index contributed by atoms with van der Waals surface area (Å²) in [5.74, 6) is 0.317. The third-order valence-electron chi connectivity index (χ3n) is 6.20. The van der Waals surface area contributed by atoms with Gasteiger partial charge in [-0.1, -0.05) is 12.1 Å². The van der Waals surface area contributed by atoms with Crippen molar-refractivity contribution in [2.24, 2.45) is 7.05 Å². The number of pyridine rings is 1. The number of nitrogens with one attached hydrogen (secondary N) is 1. The Hall–Kier alpha value is -3.14. The molecule has 0 radical (unpaired) electrons. The number of aryl methyl sites for hydroxylation is 1. The summed E-state index contributed by atoms with van der Waals surface area (Å²) < 4.78 is 48.2. The standard InChI is InChI=1S/C23H25F3N4O3/c1-13-16(5-4-6-19(13)23(24,25)26)14(2)27-21-18-12-30(15-7-9-33-10-8-15)20(31)11-17(18)22(32)29(3)28-21/h4-6,11-12,14-15H,7-10H2,1-3H3,(H,27,28)/t14-/m1/s1. The highest BCUT2D eigenvalue weighted by atomic mass is 19.4. The van der Waals surface area contributed by atoms with E-state index >= 15 is 0 Å². The molecule has 0 spiro atoms. The zero-order chi connectivity index (χ0) is 23.9. The molecule has 10 heteroatoms. The van der Waals surface area contributed by atoms with Crippen LogP contribution in [0.2, 0.25) is 0 Å². The summed E-state index contributed by atoms with van der Waals surface area (Å²) in [5, 5.41) is 8.12. The topological polar surface area (TPSA) is 78.2 Å². The van der Waals surface area contributed by atoms with Gasteiger partial charge in [0.25, 0.3) is 11.1 Å². The number of rotatable bonds is 4. The number of halogens is 3. The smallest absolute Gasteiger partial charge is 0.381 e. The molecule has 0 aliphatic carbocycles. The highest BCUT2D eigenvalue weighted by molar-refractivity contribution is 5.90. The first-order valence-corrected chi connectivity index (χ1v) is 10.7. The van der Waals surface area contributed by atoms with Gasteiger partial charge in [0.1, 0.15) is 0 Å². The van der Waals surface area contributed by atoms with E-state index in [0.717, 1.165) is 10.7 Å². The monoisotopic (exact) mass is 462 g/mol. The summed E-state index contributed by atoms with van der Waals surface area (Å²) in [6, 6.07) is 4.76. The van der Waals surface area contributed by atoms with E-state index in [4.69, 9.17) is 4.74 Å². The van der Waals surface area contributed by atoms with E-state index in [9.17, 15) is 22.8 Å². The van der Waals surface area contributed by atoms with Crippen LogP contribution < -0.4 is 16.4 Å². The van der Waals surface area contributed by atoms with Gasteiger partial charge in [0, 0.05) is 44.0 Å². The molecule has 0 unspecified atom stereocenters. The molecule has 33 heavy (non-hydrogen) atoms. The van der Waals surface area contributed by atoms with Crippen molar-refractivity contribution in [3.8, 4) is 0 Å². The molecule has 0 saturated carbocycles. The average molecular weight is 462 g/mol. The van der Waals surface area contributed by atoms with Crippen molar-refractivity contribution >= 4 is 16.6 Å². The fourth-order valence-electron chi connectivity index (χ4n) is 4.41. The van der Waals surface area contributed by atoms with Gasteiger partial charge in [0.2, 0.25) is 0 Å². The van der Waals surface area contributed by atoms with Crippen molar-refractivity contribution in [2.45, 2.75) is 44.9 Å². The Morgan fingerprint density at radius 2 is 1.88 bits per heavy atom. The number of benzene rings is 1. The zero-order valence-corrected chi connectivity index (χ0v) is 18.6. The van der Waals surface area contributed by atoms with Gasteiger partial charge < -0.3 is 14.6 Å². The largest absolute Gasteiger partial charge is 0.416 e.